The SMILES string of the molecule is CCOc1ccccc1N(CC(=O)NCCCSCc1ccc(Cl)cc1)S(C)(=O)=O. The second-order valence-corrected chi connectivity index (χ2v) is 10.0. The van der Waals surface area contributed by atoms with Gasteiger partial charge in [0.2, 0.25) is 15.9 Å². The number of nitrogens with one attached hydrogen (secondary N) is 1. The predicted molar refractivity (Wildman–Crippen MR) is 125 cm³/mol. The zero-order valence-electron chi connectivity index (χ0n) is 17.1. The van der Waals surface area contributed by atoms with Gasteiger partial charge in [-0.2, -0.15) is 11.8 Å². The normalized spacial score (nSPS) is 11.2. The first kappa shape index (κ1) is 24.4. The average molecular weight is 471 g/mol. The summed E-state index contributed by atoms with van der Waals surface area (Å²) in [5.74, 6) is 1.83. The predicted octanol–water partition coefficient (Wildman–Crippen LogP) is 3.94. The highest BCUT2D eigenvalue weighted by Gasteiger charge is 2.23. The highest BCUT2D eigenvalue weighted by Crippen LogP contribution is 2.29. The zero-order chi connectivity index (χ0) is 22.0. The lowest BCUT2D eigenvalue weighted by molar-refractivity contribution is -0.119. The van der Waals surface area contributed by atoms with E-state index >= 15 is 0 Å². The van der Waals surface area contributed by atoms with Crippen LogP contribution in [0.2, 0.25) is 5.02 Å². The van der Waals surface area contributed by atoms with Gasteiger partial charge < -0.3 is 10.1 Å². The third kappa shape index (κ3) is 8.08. The topological polar surface area (TPSA) is 75.7 Å². The molecular formula is C21H27ClN2O4S2. The van der Waals surface area contributed by atoms with Crippen LogP contribution in [-0.2, 0) is 20.6 Å². The number of carbonyl (C=O) groups excluding carboxylic acids is 1. The van der Waals surface area contributed by atoms with Crippen LogP contribution in [-0.4, -0.2) is 46.0 Å². The van der Waals surface area contributed by atoms with Gasteiger partial charge in [0.1, 0.15) is 12.3 Å². The summed E-state index contributed by atoms with van der Waals surface area (Å²) in [7, 11) is -3.65. The van der Waals surface area contributed by atoms with Gasteiger partial charge in [-0.15, -0.1) is 0 Å². The van der Waals surface area contributed by atoms with Gasteiger partial charge in [-0.1, -0.05) is 35.9 Å². The Kier molecular flexibility index (Phi) is 9.81. The Morgan fingerprint density at radius 3 is 2.53 bits per heavy atom. The van der Waals surface area contributed by atoms with Crippen LogP contribution < -0.4 is 14.4 Å². The smallest absolute Gasteiger partial charge is 0.240 e. The summed E-state index contributed by atoms with van der Waals surface area (Å²) in [5.41, 5.74) is 1.56. The molecule has 0 bridgehead atoms. The van der Waals surface area contributed by atoms with Crippen molar-refractivity contribution in [2.24, 2.45) is 0 Å². The van der Waals surface area contributed by atoms with E-state index in [4.69, 9.17) is 16.3 Å². The first-order valence-electron chi connectivity index (χ1n) is 9.59. The Bertz CT molecular complexity index is 921. The van der Waals surface area contributed by atoms with Gasteiger partial charge in [-0.25, -0.2) is 8.42 Å². The molecule has 2 aromatic rings. The van der Waals surface area contributed by atoms with Gasteiger partial charge in [0.05, 0.1) is 18.6 Å². The van der Waals surface area contributed by atoms with E-state index in [9.17, 15) is 13.2 Å². The zero-order valence-corrected chi connectivity index (χ0v) is 19.5. The quantitative estimate of drug-likeness (QED) is 0.475. The van der Waals surface area contributed by atoms with Crippen molar-refractivity contribution in [1.29, 1.82) is 0 Å². The molecule has 9 heteroatoms. The number of para-hydroxylation sites is 2. The largest absolute Gasteiger partial charge is 0.492 e. The fourth-order valence-electron chi connectivity index (χ4n) is 2.68. The first-order chi connectivity index (χ1) is 14.3. The second kappa shape index (κ2) is 12.1. The molecule has 0 heterocycles. The van der Waals surface area contributed by atoms with E-state index in [0.29, 0.717) is 24.6 Å². The Morgan fingerprint density at radius 2 is 1.87 bits per heavy atom. The second-order valence-electron chi connectivity index (χ2n) is 6.55. The van der Waals surface area contributed by atoms with Crippen LogP contribution in [0.4, 0.5) is 5.69 Å². The molecule has 0 aliphatic heterocycles. The molecule has 164 valence electrons. The number of ether oxygens (including phenoxy) is 1. The summed E-state index contributed by atoms with van der Waals surface area (Å²) in [6.45, 7) is 2.41. The fourth-order valence-corrected chi connectivity index (χ4v) is 4.59. The molecule has 1 N–H and O–H groups in total. The summed E-state index contributed by atoms with van der Waals surface area (Å²) < 4.78 is 31.1. The number of nitrogens with zero attached hydrogens (tertiary/aromatic N) is 1. The summed E-state index contributed by atoms with van der Waals surface area (Å²) in [6.07, 6.45) is 1.87. The molecule has 0 spiro atoms. The molecule has 30 heavy (non-hydrogen) atoms. The number of hydrogen-bond acceptors (Lipinski definition) is 5. The first-order valence-corrected chi connectivity index (χ1v) is 13.0. The third-order valence-electron chi connectivity index (χ3n) is 4.09. The summed E-state index contributed by atoms with van der Waals surface area (Å²) in [4.78, 5) is 12.4. The van der Waals surface area contributed by atoms with Crippen LogP contribution in [0.1, 0.15) is 18.9 Å². The van der Waals surface area contributed by atoms with Gasteiger partial charge in [-0.3, -0.25) is 9.10 Å². The molecule has 6 nitrogen and oxygen atoms in total. The van der Waals surface area contributed by atoms with Gasteiger partial charge >= 0.3 is 0 Å². The number of amides is 1. The molecule has 2 aromatic carbocycles. The molecule has 1 amide bonds. The monoisotopic (exact) mass is 470 g/mol. The lowest BCUT2D eigenvalue weighted by atomic mass is 10.2. The maximum absolute atomic E-state index is 12.4. The van der Waals surface area contributed by atoms with Gasteiger partial charge in [0.25, 0.3) is 0 Å². The molecule has 0 aliphatic rings. The standard InChI is InChI=1S/C21H27ClN2O4S2/c1-3-28-20-8-5-4-7-19(20)24(30(2,26)27)15-21(25)23-13-6-14-29-16-17-9-11-18(22)12-10-17/h4-5,7-12H,3,6,13-16H2,1-2H3,(H,23,25). The molecule has 2 rings (SSSR count). The maximum Gasteiger partial charge on any atom is 0.240 e. The molecule has 0 radical (unpaired) electrons. The lowest BCUT2D eigenvalue weighted by Crippen LogP contribution is -2.40. The van der Waals surface area contributed by atoms with Gasteiger partial charge in [0.15, 0.2) is 0 Å². The van der Waals surface area contributed by atoms with Crippen molar-refractivity contribution in [3.05, 3.63) is 59.1 Å². The minimum Gasteiger partial charge on any atom is -0.492 e. The van der Waals surface area contributed by atoms with Crippen molar-refractivity contribution in [2.45, 2.75) is 19.1 Å². The van der Waals surface area contributed by atoms with Crippen LogP contribution in [0.15, 0.2) is 48.5 Å². The van der Waals surface area contributed by atoms with E-state index in [2.05, 4.69) is 5.32 Å². The van der Waals surface area contributed by atoms with Crippen LogP contribution in [0.5, 0.6) is 5.75 Å². The number of thioether (sulfide) groups is 1. The van der Waals surface area contributed by atoms with E-state index in [1.807, 2.05) is 31.2 Å². The molecule has 0 fully saturated rings. The number of anilines is 1. The highest BCUT2D eigenvalue weighted by atomic mass is 35.5. The molecule has 0 atom stereocenters. The molecule has 0 saturated carbocycles. The van der Waals surface area contributed by atoms with E-state index in [1.54, 1.807) is 36.0 Å². The number of benzene rings is 2. The third-order valence-corrected chi connectivity index (χ3v) is 6.58. The minimum atomic E-state index is -3.65. The number of sulfonamides is 1. The van der Waals surface area contributed by atoms with E-state index in [0.717, 1.165) is 33.5 Å². The molecule has 0 unspecified atom stereocenters. The number of rotatable bonds is 12. The van der Waals surface area contributed by atoms with Crippen molar-refractivity contribution in [3.8, 4) is 5.75 Å². The highest BCUT2D eigenvalue weighted by molar-refractivity contribution is 7.98. The summed E-state index contributed by atoms with van der Waals surface area (Å²) in [6, 6.07) is 14.5. The summed E-state index contributed by atoms with van der Waals surface area (Å²) in [5, 5.41) is 3.52. The average Bonchev–Trinajstić information content (AvgIpc) is 2.70. The number of carbonyl (C=O) groups is 1. The Hall–Kier alpha value is -1.90. The molecular weight excluding hydrogens is 444 g/mol. The van der Waals surface area contributed by atoms with E-state index in [1.165, 1.54) is 5.56 Å². The number of halogens is 1. The van der Waals surface area contributed by atoms with Gasteiger partial charge in [-0.05, 0) is 48.9 Å². The Balaban J connectivity index is 1.82. The van der Waals surface area contributed by atoms with Crippen molar-refractivity contribution in [1.82, 2.24) is 5.32 Å². The van der Waals surface area contributed by atoms with Crippen LogP contribution in [0.3, 0.4) is 0 Å². The fraction of sp³-hybridized carbons (Fsp3) is 0.381. The molecule has 0 aromatic heterocycles. The minimum absolute atomic E-state index is 0.291. The Morgan fingerprint density at radius 1 is 1.17 bits per heavy atom. The van der Waals surface area contributed by atoms with Crippen LogP contribution in [0, 0.1) is 0 Å². The lowest BCUT2D eigenvalue weighted by Gasteiger charge is -2.24. The van der Waals surface area contributed by atoms with E-state index < -0.39 is 10.0 Å². The van der Waals surface area contributed by atoms with Gasteiger partial charge in [0, 0.05) is 17.3 Å². The molecule has 0 aliphatic carbocycles. The van der Waals surface area contributed by atoms with Crippen molar-refractivity contribution in [3.63, 3.8) is 0 Å². The maximum atomic E-state index is 12.4. The van der Waals surface area contributed by atoms with Crippen molar-refractivity contribution in [2.75, 3.05) is 36.0 Å². The van der Waals surface area contributed by atoms with Crippen LogP contribution in [0.25, 0.3) is 0 Å². The Labute approximate surface area is 188 Å². The van der Waals surface area contributed by atoms with Crippen LogP contribution >= 0.6 is 23.4 Å². The van der Waals surface area contributed by atoms with Crippen molar-refractivity contribution < 1.29 is 17.9 Å². The molecule has 0 saturated heterocycles. The van der Waals surface area contributed by atoms with Crippen molar-refractivity contribution >= 4 is 45.0 Å². The number of hydrogen-bond donors (Lipinski definition) is 1. The van der Waals surface area contributed by atoms with E-state index in [-0.39, 0.29) is 12.5 Å². The summed E-state index contributed by atoms with van der Waals surface area (Å²) >= 11 is 7.65.